The minimum atomic E-state index is -0.544. The smallest absolute Gasteiger partial charge is 0.283 e. The number of halogens is 2. The van der Waals surface area contributed by atoms with Crippen molar-refractivity contribution in [1.29, 1.82) is 0 Å². The van der Waals surface area contributed by atoms with E-state index in [2.05, 4.69) is 4.99 Å². The van der Waals surface area contributed by atoms with Crippen molar-refractivity contribution in [3.05, 3.63) is 63.6 Å². The lowest BCUT2D eigenvalue weighted by Crippen LogP contribution is -2.36. The zero-order valence-electron chi connectivity index (χ0n) is 11.6. The number of benzene rings is 2. The molecule has 1 heterocycles. The first-order valence-electron chi connectivity index (χ1n) is 6.76. The van der Waals surface area contributed by atoms with E-state index >= 15 is 0 Å². The molecule has 1 amide bonds. The Morgan fingerprint density at radius 2 is 1.77 bits per heavy atom. The Balaban J connectivity index is 1.91. The molecule has 2 N–H and O–H groups in total. The van der Waals surface area contributed by atoms with Crippen LogP contribution in [0.5, 0.6) is 0 Å². The van der Waals surface area contributed by atoms with E-state index in [1.165, 1.54) is 5.56 Å². The molecule has 0 saturated carbocycles. The Hall–Kier alpha value is -2.04. The van der Waals surface area contributed by atoms with Crippen LogP contribution in [0.25, 0.3) is 0 Å². The average molecular weight is 334 g/mol. The lowest BCUT2D eigenvalue weighted by Gasteiger charge is -2.17. The van der Waals surface area contributed by atoms with Gasteiger partial charge in [0.2, 0.25) is 5.96 Å². The maximum Gasteiger partial charge on any atom is 0.283 e. The molecule has 0 radical (unpaired) electrons. The largest absolute Gasteiger partial charge is 0.369 e. The third-order valence-electron chi connectivity index (χ3n) is 3.56. The molecule has 0 bridgehead atoms. The Bertz CT molecular complexity index is 753. The number of nitrogens with two attached hydrogens (primary N) is 1. The predicted molar refractivity (Wildman–Crippen MR) is 89.9 cm³/mol. The first-order valence-corrected chi connectivity index (χ1v) is 7.51. The molecule has 22 heavy (non-hydrogen) atoms. The monoisotopic (exact) mass is 333 g/mol. The van der Waals surface area contributed by atoms with Gasteiger partial charge in [-0.1, -0.05) is 47.5 Å². The van der Waals surface area contributed by atoms with E-state index in [4.69, 9.17) is 28.9 Å². The zero-order chi connectivity index (χ0) is 15.7. The van der Waals surface area contributed by atoms with Crippen LogP contribution in [0.4, 0.5) is 5.69 Å². The predicted octanol–water partition coefficient (Wildman–Crippen LogP) is 3.51. The minimum Gasteiger partial charge on any atom is -0.369 e. The van der Waals surface area contributed by atoms with Crippen LogP contribution >= 0.6 is 23.2 Å². The van der Waals surface area contributed by atoms with E-state index in [0.717, 1.165) is 12.1 Å². The molecule has 0 atom stereocenters. The summed E-state index contributed by atoms with van der Waals surface area (Å²) in [4.78, 5) is 18.1. The topological polar surface area (TPSA) is 58.7 Å². The molecular weight excluding hydrogens is 321 g/mol. The van der Waals surface area contributed by atoms with Gasteiger partial charge < -0.3 is 10.6 Å². The van der Waals surface area contributed by atoms with Gasteiger partial charge in [-0.2, -0.15) is 4.99 Å². The van der Waals surface area contributed by atoms with Crippen LogP contribution in [0.15, 0.2) is 47.5 Å². The Kier molecular flexibility index (Phi) is 4.05. The molecule has 0 spiro atoms. The molecule has 112 valence electrons. The highest BCUT2D eigenvalue weighted by Gasteiger charge is 2.22. The van der Waals surface area contributed by atoms with Gasteiger partial charge in [-0.05, 0) is 30.2 Å². The quantitative estimate of drug-likeness (QED) is 0.641. The Labute approximate surface area is 138 Å². The molecule has 1 aliphatic heterocycles. The minimum absolute atomic E-state index is 0.144. The summed E-state index contributed by atoms with van der Waals surface area (Å²) in [5, 5.41) is 0.520. The van der Waals surface area contributed by atoms with E-state index in [9.17, 15) is 4.79 Å². The van der Waals surface area contributed by atoms with Crippen LogP contribution in [-0.4, -0.2) is 18.4 Å². The number of aliphatic imine (C=N–C) groups is 1. The normalized spacial score (nSPS) is 14.1. The number of amides is 1. The maximum absolute atomic E-state index is 12.3. The highest BCUT2D eigenvalue weighted by molar-refractivity contribution is 6.40. The summed E-state index contributed by atoms with van der Waals surface area (Å²) in [5.74, 6) is -0.400. The molecule has 3 rings (SSSR count). The van der Waals surface area contributed by atoms with E-state index in [1.807, 2.05) is 29.2 Å². The second-order valence-electron chi connectivity index (χ2n) is 4.90. The summed E-state index contributed by atoms with van der Waals surface area (Å²) in [6.45, 7) is 0.693. The molecule has 2 aromatic rings. The molecule has 0 fully saturated rings. The van der Waals surface area contributed by atoms with Crippen molar-refractivity contribution in [1.82, 2.24) is 0 Å². The highest BCUT2D eigenvalue weighted by Crippen LogP contribution is 2.28. The second-order valence-corrected chi connectivity index (χ2v) is 5.72. The van der Waals surface area contributed by atoms with Crippen LogP contribution < -0.4 is 10.6 Å². The van der Waals surface area contributed by atoms with Crippen molar-refractivity contribution in [3.63, 3.8) is 0 Å². The SMILES string of the molecule is NC(=NC(=O)c1c(Cl)cccc1Cl)N1CCc2ccccc21. The summed E-state index contributed by atoms with van der Waals surface area (Å²) < 4.78 is 0. The average Bonchev–Trinajstić information content (AvgIpc) is 2.91. The van der Waals surface area contributed by atoms with Gasteiger partial charge in [0.05, 0.1) is 15.6 Å². The van der Waals surface area contributed by atoms with Crippen LogP contribution in [0, 0.1) is 0 Å². The van der Waals surface area contributed by atoms with Crippen LogP contribution in [-0.2, 0) is 6.42 Å². The number of carbonyl (C=O) groups excluding carboxylic acids is 1. The van der Waals surface area contributed by atoms with Crippen molar-refractivity contribution >= 4 is 40.8 Å². The zero-order valence-corrected chi connectivity index (χ0v) is 13.1. The maximum atomic E-state index is 12.3. The lowest BCUT2D eigenvalue weighted by atomic mass is 10.2. The Morgan fingerprint density at radius 3 is 2.50 bits per heavy atom. The number of anilines is 1. The first-order chi connectivity index (χ1) is 10.6. The summed E-state index contributed by atoms with van der Waals surface area (Å²) in [6.07, 6.45) is 0.868. The number of hydrogen-bond acceptors (Lipinski definition) is 1. The highest BCUT2D eigenvalue weighted by atomic mass is 35.5. The van der Waals surface area contributed by atoms with Gasteiger partial charge in [0, 0.05) is 12.2 Å². The first kappa shape index (κ1) is 14.9. The van der Waals surface area contributed by atoms with E-state index in [0.29, 0.717) is 6.54 Å². The molecular formula is C16H13Cl2N3O. The molecule has 1 aliphatic rings. The van der Waals surface area contributed by atoms with Crippen LogP contribution in [0.3, 0.4) is 0 Å². The van der Waals surface area contributed by atoms with Gasteiger partial charge in [-0.25, -0.2) is 0 Å². The Morgan fingerprint density at radius 1 is 1.09 bits per heavy atom. The summed E-state index contributed by atoms with van der Waals surface area (Å²) in [6, 6.07) is 12.8. The third-order valence-corrected chi connectivity index (χ3v) is 4.19. The van der Waals surface area contributed by atoms with Gasteiger partial charge in [0.15, 0.2) is 0 Å². The molecule has 0 aromatic heterocycles. The third kappa shape index (κ3) is 2.67. The van der Waals surface area contributed by atoms with Gasteiger partial charge in [0.1, 0.15) is 0 Å². The number of para-hydroxylation sites is 1. The van der Waals surface area contributed by atoms with Gasteiger partial charge in [-0.15, -0.1) is 0 Å². The summed E-state index contributed by atoms with van der Waals surface area (Å²) >= 11 is 12.0. The van der Waals surface area contributed by atoms with Crippen molar-refractivity contribution in [2.75, 3.05) is 11.4 Å². The fourth-order valence-electron chi connectivity index (χ4n) is 2.50. The lowest BCUT2D eigenvalue weighted by molar-refractivity contribution is 0.100. The molecule has 0 saturated heterocycles. The summed E-state index contributed by atoms with van der Waals surface area (Å²) in [7, 11) is 0. The molecule has 4 nitrogen and oxygen atoms in total. The molecule has 0 unspecified atom stereocenters. The van der Waals surface area contributed by atoms with Gasteiger partial charge in [0.25, 0.3) is 5.91 Å². The standard InChI is InChI=1S/C16H13Cl2N3O/c17-11-5-3-6-12(18)14(11)15(22)20-16(19)21-9-8-10-4-1-2-7-13(10)21/h1-7H,8-9H2,(H2,19,20,22). The number of guanidine groups is 1. The van der Waals surface area contributed by atoms with Crippen molar-refractivity contribution in [2.45, 2.75) is 6.42 Å². The number of fused-ring (bicyclic) bond motifs is 1. The van der Waals surface area contributed by atoms with Crippen molar-refractivity contribution in [3.8, 4) is 0 Å². The van der Waals surface area contributed by atoms with Crippen LogP contribution in [0.1, 0.15) is 15.9 Å². The fraction of sp³-hybridized carbons (Fsp3) is 0.125. The molecule has 6 heteroatoms. The van der Waals surface area contributed by atoms with Crippen molar-refractivity contribution < 1.29 is 4.79 Å². The van der Waals surface area contributed by atoms with Crippen molar-refractivity contribution in [2.24, 2.45) is 10.7 Å². The van der Waals surface area contributed by atoms with E-state index in [-0.39, 0.29) is 21.6 Å². The molecule has 0 aliphatic carbocycles. The second kappa shape index (κ2) is 5.99. The van der Waals surface area contributed by atoms with E-state index in [1.54, 1.807) is 18.2 Å². The number of hydrogen-bond donors (Lipinski definition) is 1. The number of nitrogens with zero attached hydrogens (tertiary/aromatic N) is 2. The number of rotatable bonds is 1. The molecule has 2 aromatic carbocycles. The van der Waals surface area contributed by atoms with E-state index < -0.39 is 5.91 Å². The fourth-order valence-corrected chi connectivity index (χ4v) is 3.06. The summed E-state index contributed by atoms with van der Waals surface area (Å²) in [5.41, 5.74) is 8.33. The van der Waals surface area contributed by atoms with Gasteiger partial charge in [-0.3, -0.25) is 4.79 Å². The van der Waals surface area contributed by atoms with Gasteiger partial charge >= 0.3 is 0 Å². The van der Waals surface area contributed by atoms with Crippen LogP contribution in [0.2, 0.25) is 10.0 Å². The number of carbonyl (C=O) groups is 1.